The summed E-state index contributed by atoms with van der Waals surface area (Å²) >= 11 is 0. The molecule has 1 heterocycles. The van der Waals surface area contributed by atoms with Gasteiger partial charge in [0.2, 0.25) is 0 Å². The molecular weight excluding hydrogens is 180 g/mol. The molecule has 0 aliphatic rings. The number of aliphatic hydroxyl groups is 1. The lowest BCUT2D eigenvalue weighted by atomic mass is 10.1. The van der Waals surface area contributed by atoms with Crippen molar-refractivity contribution in [2.75, 3.05) is 6.61 Å². The van der Waals surface area contributed by atoms with E-state index in [1.165, 1.54) is 6.33 Å². The molecule has 1 aromatic carbocycles. The van der Waals surface area contributed by atoms with Crippen LogP contribution < -0.4 is 0 Å². The van der Waals surface area contributed by atoms with Crippen molar-refractivity contribution < 1.29 is 5.11 Å². The van der Waals surface area contributed by atoms with Gasteiger partial charge >= 0.3 is 0 Å². The molecule has 0 unspecified atom stereocenters. The van der Waals surface area contributed by atoms with Gasteiger partial charge in [0.05, 0.1) is 5.69 Å². The summed E-state index contributed by atoms with van der Waals surface area (Å²) in [7, 11) is 0. The Bertz CT molecular complexity index is 399. The van der Waals surface area contributed by atoms with E-state index in [9.17, 15) is 0 Å². The second-order valence-corrected chi connectivity index (χ2v) is 2.90. The van der Waals surface area contributed by atoms with Crippen LogP contribution in [0.25, 0.3) is 5.69 Å². The van der Waals surface area contributed by atoms with E-state index in [0.29, 0.717) is 6.42 Å². The first-order valence-electron chi connectivity index (χ1n) is 4.33. The fraction of sp³-hybridized carbons (Fsp3) is 0.222. The number of tetrazole rings is 1. The SMILES string of the molecule is OCCc1cccc(-n2cnnn2)c1. The molecule has 72 valence electrons. The van der Waals surface area contributed by atoms with E-state index in [0.717, 1.165) is 11.3 Å². The molecule has 0 spiro atoms. The zero-order chi connectivity index (χ0) is 9.80. The highest BCUT2D eigenvalue weighted by molar-refractivity contribution is 5.34. The Kier molecular flexibility index (Phi) is 2.51. The summed E-state index contributed by atoms with van der Waals surface area (Å²) in [5.41, 5.74) is 1.97. The lowest BCUT2D eigenvalue weighted by Crippen LogP contribution is -1.97. The quantitative estimate of drug-likeness (QED) is 0.750. The van der Waals surface area contributed by atoms with Gasteiger partial charge in [-0.05, 0) is 34.5 Å². The first-order valence-corrected chi connectivity index (χ1v) is 4.33. The topological polar surface area (TPSA) is 63.8 Å². The van der Waals surface area contributed by atoms with Crippen LogP contribution in [0.3, 0.4) is 0 Å². The maximum atomic E-state index is 8.79. The third-order valence-electron chi connectivity index (χ3n) is 1.92. The van der Waals surface area contributed by atoms with Gasteiger partial charge in [0.15, 0.2) is 0 Å². The Morgan fingerprint density at radius 3 is 3.00 bits per heavy atom. The van der Waals surface area contributed by atoms with E-state index >= 15 is 0 Å². The maximum Gasteiger partial charge on any atom is 0.143 e. The van der Waals surface area contributed by atoms with Gasteiger partial charge < -0.3 is 5.11 Å². The van der Waals surface area contributed by atoms with Crippen molar-refractivity contribution >= 4 is 0 Å². The molecular formula is C9H10N4O. The van der Waals surface area contributed by atoms with Gasteiger partial charge in [0, 0.05) is 6.61 Å². The molecule has 0 saturated carbocycles. The first kappa shape index (κ1) is 8.83. The van der Waals surface area contributed by atoms with Crippen LogP contribution in [-0.4, -0.2) is 31.9 Å². The molecule has 2 aromatic rings. The van der Waals surface area contributed by atoms with Gasteiger partial charge in [-0.1, -0.05) is 12.1 Å². The largest absolute Gasteiger partial charge is 0.396 e. The summed E-state index contributed by atoms with van der Waals surface area (Å²) in [5.74, 6) is 0. The second-order valence-electron chi connectivity index (χ2n) is 2.90. The van der Waals surface area contributed by atoms with E-state index in [2.05, 4.69) is 15.5 Å². The van der Waals surface area contributed by atoms with Crippen molar-refractivity contribution in [1.29, 1.82) is 0 Å². The molecule has 5 nitrogen and oxygen atoms in total. The number of aromatic nitrogens is 4. The molecule has 0 saturated heterocycles. The molecule has 0 fully saturated rings. The maximum absolute atomic E-state index is 8.79. The predicted octanol–water partition coefficient (Wildman–Crippen LogP) is 0.197. The minimum absolute atomic E-state index is 0.152. The molecule has 1 aromatic heterocycles. The van der Waals surface area contributed by atoms with Gasteiger partial charge in [-0.3, -0.25) is 0 Å². The number of hydrogen-bond acceptors (Lipinski definition) is 4. The van der Waals surface area contributed by atoms with Crippen LogP contribution >= 0.6 is 0 Å². The zero-order valence-electron chi connectivity index (χ0n) is 7.54. The van der Waals surface area contributed by atoms with Crippen LogP contribution in [-0.2, 0) is 6.42 Å². The fourth-order valence-electron chi connectivity index (χ4n) is 1.26. The van der Waals surface area contributed by atoms with Crippen LogP contribution in [0.15, 0.2) is 30.6 Å². The number of aliphatic hydroxyl groups excluding tert-OH is 1. The third kappa shape index (κ3) is 1.77. The highest BCUT2D eigenvalue weighted by Gasteiger charge is 1.98. The van der Waals surface area contributed by atoms with E-state index < -0.39 is 0 Å². The Morgan fingerprint density at radius 1 is 1.36 bits per heavy atom. The van der Waals surface area contributed by atoms with E-state index in [1.54, 1.807) is 4.68 Å². The minimum Gasteiger partial charge on any atom is -0.396 e. The number of hydrogen-bond donors (Lipinski definition) is 1. The fourth-order valence-corrected chi connectivity index (χ4v) is 1.26. The zero-order valence-corrected chi connectivity index (χ0v) is 7.54. The molecule has 1 N–H and O–H groups in total. The molecule has 14 heavy (non-hydrogen) atoms. The van der Waals surface area contributed by atoms with Gasteiger partial charge in [-0.15, -0.1) is 5.10 Å². The monoisotopic (exact) mass is 190 g/mol. The van der Waals surface area contributed by atoms with Gasteiger partial charge in [-0.2, -0.15) is 0 Å². The van der Waals surface area contributed by atoms with Crippen molar-refractivity contribution in [3.63, 3.8) is 0 Å². The molecule has 0 radical (unpaired) electrons. The van der Waals surface area contributed by atoms with Crippen molar-refractivity contribution in [2.45, 2.75) is 6.42 Å². The van der Waals surface area contributed by atoms with Crippen LogP contribution in [0, 0.1) is 0 Å². The molecule has 0 bridgehead atoms. The first-order chi connectivity index (χ1) is 6.90. The molecule has 0 aliphatic carbocycles. The summed E-state index contributed by atoms with van der Waals surface area (Å²) in [6, 6.07) is 7.75. The smallest absolute Gasteiger partial charge is 0.143 e. The predicted molar refractivity (Wildman–Crippen MR) is 49.9 cm³/mol. The average Bonchev–Trinajstić information content (AvgIpc) is 2.71. The minimum atomic E-state index is 0.152. The van der Waals surface area contributed by atoms with Crippen molar-refractivity contribution in [3.8, 4) is 5.69 Å². The van der Waals surface area contributed by atoms with Crippen molar-refractivity contribution in [1.82, 2.24) is 20.2 Å². The second kappa shape index (κ2) is 3.97. The molecule has 0 aliphatic heterocycles. The van der Waals surface area contributed by atoms with Crippen LogP contribution in [0.4, 0.5) is 0 Å². The van der Waals surface area contributed by atoms with Crippen LogP contribution in [0.1, 0.15) is 5.56 Å². The van der Waals surface area contributed by atoms with Crippen molar-refractivity contribution in [3.05, 3.63) is 36.2 Å². The molecule has 5 heteroatoms. The number of rotatable bonds is 3. The Labute approximate surface area is 81.0 Å². The number of benzene rings is 1. The highest BCUT2D eigenvalue weighted by atomic mass is 16.2. The normalized spacial score (nSPS) is 10.4. The summed E-state index contributed by atoms with van der Waals surface area (Å²) in [4.78, 5) is 0. The van der Waals surface area contributed by atoms with Gasteiger partial charge in [0.25, 0.3) is 0 Å². The van der Waals surface area contributed by atoms with Gasteiger partial charge in [0.1, 0.15) is 6.33 Å². The van der Waals surface area contributed by atoms with E-state index in [1.807, 2.05) is 24.3 Å². The molecule has 0 atom stereocenters. The molecule has 0 amide bonds. The third-order valence-corrected chi connectivity index (χ3v) is 1.92. The summed E-state index contributed by atoms with van der Waals surface area (Å²) in [6.45, 7) is 0.152. The lowest BCUT2D eigenvalue weighted by molar-refractivity contribution is 0.299. The Hall–Kier alpha value is -1.75. The lowest BCUT2D eigenvalue weighted by Gasteiger charge is -2.02. The summed E-state index contributed by atoms with van der Waals surface area (Å²) in [5, 5.41) is 19.7. The highest BCUT2D eigenvalue weighted by Crippen LogP contribution is 2.08. The Morgan fingerprint density at radius 2 is 2.29 bits per heavy atom. The Balaban J connectivity index is 2.31. The summed E-state index contributed by atoms with van der Waals surface area (Å²) in [6.07, 6.45) is 2.19. The van der Waals surface area contributed by atoms with Gasteiger partial charge in [-0.25, -0.2) is 4.68 Å². The van der Waals surface area contributed by atoms with Crippen LogP contribution in [0.2, 0.25) is 0 Å². The average molecular weight is 190 g/mol. The molecule has 2 rings (SSSR count). The van der Waals surface area contributed by atoms with E-state index in [4.69, 9.17) is 5.11 Å². The van der Waals surface area contributed by atoms with E-state index in [-0.39, 0.29) is 6.61 Å². The van der Waals surface area contributed by atoms with Crippen LogP contribution in [0.5, 0.6) is 0 Å². The van der Waals surface area contributed by atoms with Crippen molar-refractivity contribution in [2.24, 2.45) is 0 Å². The number of nitrogens with zero attached hydrogens (tertiary/aromatic N) is 4. The standard InChI is InChI=1S/C9H10N4O/c14-5-4-8-2-1-3-9(6-8)13-7-10-11-12-13/h1-3,6-7,14H,4-5H2. The summed E-state index contributed by atoms with van der Waals surface area (Å²) < 4.78 is 1.58.